The highest BCUT2D eigenvalue weighted by atomic mass is 32.2. The zero-order chi connectivity index (χ0) is 23.2. The number of amides is 1. The maximum absolute atomic E-state index is 14.1. The Balaban J connectivity index is 2.39. The van der Waals surface area contributed by atoms with Gasteiger partial charge in [-0.05, 0) is 30.7 Å². The third-order valence-electron chi connectivity index (χ3n) is 3.94. The van der Waals surface area contributed by atoms with Crippen molar-refractivity contribution < 1.29 is 31.5 Å². The summed E-state index contributed by atoms with van der Waals surface area (Å²) >= 11 is 1.40. The van der Waals surface area contributed by atoms with E-state index >= 15 is 0 Å². The minimum atomic E-state index is -4.87. The Morgan fingerprint density at radius 2 is 1.97 bits per heavy atom. The highest BCUT2D eigenvalue weighted by Crippen LogP contribution is 2.29. The second-order valence-corrected chi connectivity index (χ2v) is 6.92. The average Bonchev–Trinajstić information content (AvgIpc) is 2.71. The molecular formula is C19H19F5N4O2S. The van der Waals surface area contributed by atoms with Crippen molar-refractivity contribution in [2.45, 2.75) is 25.7 Å². The average molecular weight is 462 g/mol. The highest BCUT2D eigenvalue weighted by molar-refractivity contribution is 8.01. The number of nitrogens with zero attached hydrogens (tertiary/aromatic N) is 2. The Morgan fingerprint density at radius 1 is 1.29 bits per heavy atom. The maximum atomic E-state index is 14.1. The van der Waals surface area contributed by atoms with E-state index in [1.165, 1.54) is 11.8 Å². The van der Waals surface area contributed by atoms with E-state index in [2.05, 4.69) is 20.6 Å². The van der Waals surface area contributed by atoms with Gasteiger partial charge in [-0.25, -0.2) is 18.7 Å². The zero-order valence-electron chi connectivity index (χ0n) is 16.7. The number of carbonyl (C=O) groups is 1. The van der Waals surface area contributed by atoms with E-state index in [0.717, 1.165) is 25.4 Å². The van der Waals surface area contributed by atoms with E-state index in [-0.39, 0.29) is 11.1 Å². The number of nitrogens with one attached hydrogen (secondary N) is 2. The second kappa shape index (κ2) is 10.4. The molecule has 1 aromatic carbocycles. The number of carbonyl (C=O) groups excluding carboxylic acids is 1. The lowest BCUT2D eigenvalue weighted by Crippen LogP contribution is -2.32. The molecule has 0 aliphatic heterocycles. The zero-order valence-corrected chi connectivity index (χ0v) is 17.5. The monoisotopic (exact) mass is 462 g/mol. The maximum Gasteiger partial charge on any atom is 0.451 e. The molecule has 0 saturated carbocycles. The predicted octanol–water partition coefficient (Wildman–Crippen LogP) is 4.39. The van der Waals surface area contributed by atoms with Gasteiger partial charge in [0.25, 0.3) is 5.91 Å². The summed E-state index contributed by atoms with van der Waals surface area (Å²) in [6, 6.07) is 1.27. The van der Waals surface area contributed by atoms with Crippen LogP contribution in [-0.2, 0) is 12.7 Å². The van der Waals surface area contributed by atoms with Crippen molar-refractivity contribution >= 4 is 23.5 Å². The van der Waals surface area contributed by atoms with Crippen molar-refractivity contribution in [2.75, 3.05) is 18.7 Å². The van der Waals surface area contributed by atoms with Crippen LogP contribution in [0.3, 0.4) is 0 Å². The molecule has 6 nitrogen and oxygen atoms in total. The summed E-state index contributed by atoms with van der Waals surface area (Å²) in [6.07, 6.45) is -0.663. The van der Waals surface area contributed by atoms with E-state index < -0.39 is 53.7 Å². The predicted molar refractivity (Wildman–Crippen MR) is 107 cm³/mol. The van der Waals surface area contributed by atoms with Gasteiger partial charge in [0.2, 0.25) is 5.82 Å². The molecule has 31 heavy (non-hydrogen) atoms. The number of methoxy groups -OCH3 is 1. The fourth-order valence-corrected chi connectivity index (χ4v) is 2.87. The number of alkyl halides is 3. The minimum Gasteiger partial charge on any atom is -0.493 e. The number of ether oxygens (including phenoxy) is 1. The normalized spacial score (nSPS) is 12.6. The van der Waals surface area contributed by atoms with Crippen LogP contribution >= 0.6 is 11.8 Å². The number of anilines is 1. The van der Waals surface area contributed by atoms with Gasteiger partial charge >= 0.3 is 6.18 Å². The second-order valence-electron chi connectivity index (χ2n) is 6.17. The number of aromatic nitrogens is 2. The summed E-state index contributed by atoms with van der Waals surface area (Å²) in [7, 11) is 1.12. The molecule has 1 atom stereocenters. The van der Waals surface area contributed by atoms with E-state index in [4.69, 9.17) is 4.74 Å². The molecule has 2 aromatic rings. The van der Waals surface area contributed by atoms with Crippen molar-refractivity contribution in [3.8, 4) is 5.75 Å². The van der Waals surface area contributed by atoms with Crippen LogP contribution in [0.25, 0.3) is 0 Å². The number of benzene rings is 1. The summed E-state index contributed by atoms with van der Waals surface area (Å²) in [5, 5.41) is 6.76. The Hall–Kier alpha value is -2.89. The third-order valence-corrected chi connectivity index (χ3v) is 4.37. The molecule has 1 aromatic heterocycles. The van der Waals surface area contributed by atoms with Gasteiger partial charge in [0.05, 0.1) is 12.7 Å². The molecule has 0 spiro atoms. The van der Waals surface area contributed by atoms with E-state index in [0.29, 0.717) is 0 Å². The molecule has 168 valence electrons. The first kappa shape index (κ1) is 24.4. The van der Waals surface area contributed by atoms with E-state index in [9.17, 15) is 26.7 Å². The van der Waals surface area contributed by atoms with Gasteiger partial charge in [-0.1, -0.05) is 6.08 Å². The first-order valence-corrected chi connectivity index (χ1v) is 10.1. The number of hydrogen-bond donors (Lipinski definition) is 2. The van der Waals surface area contributed by atoms with Crippen LogP contribution in [0.4, 0.5) is 27.8 Å². The smallest absolute Gasteiger partial charge is 0.451 e. The van der Waals surface area contributed by atoms with Crippen LogP contribution in [0.2, 0.25) is 0 Å². The van der Waals surface area contributed by atoms with Crippen LogP contribution in [0.15, 0.2) is 29.8 Å². The fraction of sp³-hybridized carbons (Fsp3) is 0.316. The lowest BCUT2D eigenvalue weighted by atomic mass is 10.1. The molecule has 1 unspecified atom stereocenters. The van der Waals surface area contributed by atoms with Gasteiger partial charge in [-0.15, -0.1) is 11.8 Å². The Kier molecular flexibility index (Phi) is 8.20. The Morgan fingerprint density at radius 3 is 2.58 bits per heavy atom. The largest absolute Gasteiger partial charge is 0.493 e. The molecule has 2 N–H and O–H groups in total. The van der Waals surface area contributed by atoms with Gasteiger partial charge in [0, 0.05) is 18.8 Å². The molecule has 0 bridgehead atoms. The van der Waals surface area contributed by atoms with Gasteiger partial charge in [0.15, 0.2) is 11.6 Å². The van der Waals surface area contributed by atoms with Crippen molar-refractivity contribution in [2.24, 2.45) is 0 Å². The highest BCUT2D eigenvalue weighted by Gasteiger charge is 2.35. The van der Waals surface area contributed by atoms with Crippen LogP contribution in [0, 0.1) is 11.6 Å². The van der Waals surface area contributed by atoms with Gasteiger partial charge < -0.3 is 15.4 Å². The summed E-state index contributed by atoms with van der Waals surface area (Å²) in [5.41, 5.74) is -0.578. The summed E-state index contributed by atoms with van der Waals surface area (Å²) < 4.78 is 72.0. The third kappa shape index (κ3) is 6.29. The Bertz CT molecular complexity index is 969. The van der Waals surface area contributed by atoms with Gasteiger partial charge in [-0.3, -0.25) is 4.79 Å². The molecular weight excluding hydrogens is 443 g/mol. The lowest BCUT2D eigenvalue weighted by molar-refractivity contribution is -0.144. The summed E-state index contributed by atoms with van der Waals surface area (Å²) in [5.74, 6) is -4.86. The Labute approximate surface area is 179 Å². The molecule has 1 heterocycles. The number of halogens is 5. The number of rotatable bonds is 8. The van der Waals surface area contributed by atoms with Crippen LogP contribution in [0.5, 0.6) is 5.75 Å². The van der Waals surface area contributed by atoms with Crippen molar-refractivity contribution in [3.05, 3.63) is 58.4 Å². The standard InChI is InChI=1S/C19H19F5N4O2S/c1-10(6-7-31-3)27-17(29)12-9-26-18(19(22,23)24)28-16(12)25-8-11-13(20)4-5-14(21)15(11)30-2/h4-7,9-10H,8H2,1-3H3,(H,27,29)(H,25,26,28)/b7-6+. The molecule has 2 rings (SSSR count). The summed E-state index contributed by atoms with van der Waals surface area (Å²) in [4.78, 5) is 19.1. The van der Waals surface area contributed by atoms with Crippen LogP contribution < -0.4 is 15.4 Å². The molecule has 0 radical (unpaired) electrons. The molecule has 0 saturated heterocycles. The number of hydrogen-bond acceptors (Lipinski definition) is 6. The quantitative estimate of drug-likeness (QED) is 0.567. The SMILES string of the molecule is COc1c(F)ccc(F)c1CNc1nc(C(F)(F)F)ncc1C(=O)NC(C)/C=C/SC. The van der Waals surface area contributed by atoms with Crippen LogP contribution in [-0.4, -0.2) is 35.3 Å². The molecule has 1 amide bonds. The topological polar surface area (TPSA) is 76.1 Å². The van der Waals surface area contributed by atoms with Gasteiger partial charge in [0.1, 0.15) is 17.2 Å². The molecule has 0 aliphatic carbocycles. The fourth-order valence-electron chi connectivity index (χ4n) is 2.48. The molecule has 0 aliphatic rings. The van der Waals surface area contributed by atoms with Gasteiger partial charge in [-0.2, -0.15) is 13.2 Å². The minimum absolute atomic E-state index is 0.280. The molecule has 12 heteroatoms. The first-order valence-electron chi connectivity index (χ1n) is 8.77. The molecule has 0 fully saturated rings. The summed E-state index contributed by atoms with van der Waals surface area (Å²) in [6.45, 7) is 1.17. The first-order chi connectivity index (χ1) is 14.6. The van der Waals surface area contributed by atoms with Crippen molar-refractivity contribution in [3.63, 3.8) is 0 Å². The van der Waals surface area contributed by atoms with E-state index in [1.807, 2.05) is 6.26 Å². The van der Waals surface area contributed by atoms with Crippen molar-refractivity contribution in [1.29, 1.82) is 0 Å². The number of thioether (sulfide) groups is 1. The lowest BCUT2D eigenvalue weighted by Gasteiger charge is -2.16. The van der Waals surface area contributed by atoms with Crippen LogP contribution in [0.1, 0.15) is 28.7 Å². The van der Waals surface area contributed by atoms with E-state index in [1.54, 1.807) is 18.4 Å². The van der Waals surface area contributed by atoms with Crippen molar-refractivity contribution in [1.82, 2.24) is 15.3 Å².